The molecule has 0 spiro atoms. The van der Waals surface area contributed by atoms with E-state index in [9.17, 15) is 5.11 Å². The van der Waals surface area contributed by atoms with Crippen LogP contribution in [0.25, 0.3) is 10.9 Å². The number of nitrogens with zero attached hydrogens (tertiary/aromatic N) is 2. The van der Waals surface area contributed by atoms with Gasteiger partial charge in [0.25, 0.3) is 0 Å². The van der Waals surface area contributed by atoms with E-state index in [-0.39, 0.29) is 0 Å². The third-order valence-electron chi connectivity index (χ3n) is 7.21. The highest BCUT2D eigenvalue weighted by atomic mass is 35.5. The van der Waals surface area contributed by atoms with Crippen molar-refractivity contribution in [2.75, 3.05) is 19.0 Å². The first-order chi connectivity index (χ1) is 13.3. The number of rotatable bonds is 4. The molecule has 2 aromatic rings. The average molecular weight is 387 g/mol. The van der Waals surface area contributed by atoms with Crippen molar-refractivity contribution >= 4 is 22.5 Å². The molecule has 27 heavy (non-hydrogen) atoms. The standard InChI is InChI=1S/C23H31ClN2O/c24-14-18(27)15-25-11-12-26-21-10-9-17(16-5-2-1-3-6-16)13-20(21)19-7-4-8-22(25)23(19)26/h9-10,13,16,18,22,27H,1-8,11-12,14-15H2/t18-,22-/m1/s1. The van der Waals surface area contributed by atoms with Gasteiger partial charge in [-0.3, -0.25) is 4.90 Å². The Kier molecular flexibility index (Phi) is 4.95. The Morgan fingerprint density at radius 1 is 1.07 bits per heavy atom. The van der Waals surface area contributed by atoms with E-state index in [2.05, 4.69) is 27.7 Å². The highest BCUT2D eigenvalue weighted by Crippen LogP contribution is 2.44. The quantitative estimate of drug-likeness (QED) is 0.750. The van der Waals surface area contributed by atoms with Gasteiger partial charge in [-0.2, -0.15) is 0 Å². The monoisotopic (exact) mass is 386 g/mol. The molecule has 3 aliphatic rings. The number of fused-ring (bicyclic) bond motifs is 3. The number of aliphatic hydroxyl groups is 1. The van der Waals surface area contributed by atoms with Crippen molar-refractivity contribution in [1.82, 2.24) is 9.47 Å². The summed E-state index contributed by atoms with van der Waals surface area (Å²) in [5.74, 6) is 1.09. The van der Waals surface area contributed by atoms with Crippen LogP contribution >= 0.6 is 11.6 Å². The molecule has 0 bridgehead atoms. The van der Waals surface area contributed by atoms with Crippen LogP contribution in [0.15, 0.2) is 18.2 Å². The van der Waals surface area contributed by atoms with Gasteiger partial charge >= 0.3 is 0 Å². The molecule has 2 heterocycles. The topological polar surface area (TPSA) is 28.4 Å². The predicted octanol–water partition coefficient (Wildman–Crippen LogP) is 4.98. The highest BCUT2D eigenvalue weighted by molar-refractivity contribution is 6.18. The van der Waals surface area contributed by atoms with E-state index in [0.717, 1.165) is 19.0 Å². The van der Waals surface area contributed by atoms with E-state index in [0.29, 0.717) is 18.5 Å². The zero-order valence-corrected chi connectivity index (χ0v) is 16.9. The summed E-state index contributed by atoms with van der Waals surface area (Å²) in [5.41, 5.74) is 6.12. The van der Waals surface area contributed by atoms with Gasteiger partial charge in [-0.15, -0.1) is 11.6 Å². The number of aryl methyl sites for hydroxylation is 1. The second-order valence-corrected chi connectivity index (χ2v) is 9.15. The summed E-state index contributed by atoms with van der Waals surface area (Å²) in [7, 11) is 0. The summed E-state index contributed by atoms with van der Waals surface area (Å²) in [6.45, 7) is 2.74. The number of benzene rings is 1. The van der Waals surface area contributed by atoms with Crippen molar-refractivity contribution < 1.29 is 5.11 Å². The van der Waals surface area contributed by atoms with Crippen LogP contribution < -0.4 is 0 Å². The number of β-amino-alcohol motifs (C(OH)–C–C–N with tert-alkyl or cyclic N) is 1. The summed E-state index contributed by atoms with van der Waals surface area (Å²) in [6, 6.07) is 7.79. The average Bonchev–Trinajstić information content (AvgIpc) is 3.05. The number of hydrogen-bond donors (Lipinski definition) is 1. The second-order valence-electron chi connectivity index (χ2n) is 8.84. The van der Waals surface area contributed by atoms with E-state index in [1.807, 2.05) is 0 Å². The number of hydrogen-bond acceptors (Lipinski definition) is 2. The van der Waals surface area contributed by atoms with E-state index in [1.165, 1.54) is 68.0 Å². The van der Waals surface area contributed by atoms with Crippen molar-refractivity contribution in [3.63, 3.8) is 0 Å². The van der Waals surface area contributed by atoms with E-state index in [1.54, 1.807) is 11.1 Å². The van der Waals surface area contributed by atoms with Crippen molar-refractivity contribution in [2.45, 2.75) is 76.0 Å². The van der Waals surface area contributed by atoms with Crippen LogP contribution in [-0.4, -0.2) is 39.6 Å². The Morgan fingerprint density at radius 2 is 1.93 bits per heavy atom. The van der Waals surface area contributed by atoms with Crippen LogP contribution in [0.1, 0.15) is 73.7 Å². The van der Waals surface area contributed by atoms with Crippen molar-refractivity contribution in [2.24, 2.45) is 0 Å². The smallest absolute Gasteiger partial charge is 0.0802 e. The van der Waals surface area contributed by atoms with Gasteiger partial charge in [0.15, 0.2) is 0 Å². The minimum absolute atomic E-state index is 0.323. The van der Waals surface area contributed by atoms with Crippen LogP contribution in [0, 0.1) is 0 Å². The molecule has 4 heteroatoms. The van der Waals surface area contributed by atoms with Crippen LogP contribution in [0.3, 0.4) is 0 Å². The molecule has 0 unspecified atom stereocenters. The molecule has 2 atom stereocenters. The van der Waals surface area contributed by atoms with Crippen LogP contribution in [0.4, 0.5) is 0 Å². The number of alkyl halides is 1. The van der Waals surface area contributed by atoms with Gasteiger partial charge in [-0.05, 0) is 61.3 Å². The minimum atomic E-state index is -0.425. The van der Waals surface area contributed by atoms with Gasteiger partial charge in [0.1, 0.15) is 0 Å². The van der Waals surface area contributed by atoms with Crippen LogP contribution in [0.5, 0.6) is 0 Å². The first-order valence-electron chi connectivity index (χ1n) is 10.9. The molecule has 1 aromatic heterocycles. The Morgan fingerprint density at radius 3 is 2.74 bits per heavy atom. The largest absolute Gasteiger partial charge is 0.391 e. The molecular formula is C23H31ClN2O. The van der Waals surface area contributed by atoms with Gasteiger partial charge in [-0.1, -0.05) is 25.3 Å². The maximum atomic E-state index is 10.1. The fourth-order valence-corrected chi connectivity index (χ4v) is 6.02. The van der Waals surface area contributed by atoms with Gasteiger partial charge in [0.2, 0.25) is 0 Å². The second kappa shape index (κ2) is 7.42. The lowest BCUT2D eigenvalue weighted by Crippen LogP contribution is -2.43. The normalized spacial score (nSPS) is 24.9. The van der Waals surface area contributed by atoms with Gasteiger partial charge in [-0.25, -0.2) is 0 Å². The Labute approximate surface area is 167 Å². The lowest BCUT2D eigenvalue weighted by molar-refractivity contribution is 0.0746. The molecule has 1 aromatic carbocycles. The van der Waals surface area contributed by atoms with E-state index < -0.39 is 6.10 Å². The van der Waals surface area contributed by atoms with Crippen molar-refractivity contribution in [1.29, 1.82) is 0 Å². The van der Waals surface area contributed by atoms with Gasteiger partial charge in [0, 0.05) is 42.1 Å². The SMILES string of the molecule is O[C@H](CCl)CN1CCn2c3c(c4cc(C5CCCCC5)ccc42)CCC[C@H]31. The Balaban J connectivity index is 1.54. The lowest BCUT2D eigenvalue weighted by atomic mass is 9.83. The molecule has 1 aliphatic heterocycles. The van der Waals surface area contributed by atoms with Crippen LogP contribution in [0.2, 0.25) is 0 Å². The summed E-state index contributed by atoms with van der Waals surface area (Å²) < 4.78 is 2.59. The maximum absolute atomic E-state index is 10.1. The summed E-state index contributed by atoms with van der Waals surface area (Å²) in [5, 5.41) is 11.6. The van der Waals surface area contributed by atoms with Gasteiger partial charge < -0.3 is 9.67 Å². The summed E-state index contributed by atoms with van der Waals surface area (Å²) in [4.78, 5) is 2.48. The zero-order valence-electron chi connectivity index (χ0n) is 16.2. The summed E-state index contributed by atoms with van der Waals surface area (Å²) in [6.07, 6.45) is 10.1. The minimum Gasteiger partial charge on any atom is -0.391 e. The third kappa shape index (κ3) is 3.12. The molecule has 5 rings (SSSR count). The number of aromatic nitrogens is 1. The number of halogens is 1. The number of aliphatic hydroxyl groups excluding tert-OH is 1. The van der Waals surface area contributed by atoms with E-state index in [4.69, 9.17) is 11.6 Å². The third-order valence-corrected chi connectivity index (χ3v) is 7.56. The molecule has 1 N–H and O–H groups in total. The first-order valence-corrected chi connectivity index (χ1v) is 11.4. The fourth-order valence-electron chi connectivity index (χ4n) is 5.92. The zero-order chi connectivity index (χ0) is 18.4. The molecule has 0 saturated heterocycles. The molecular weight excluding hydrogens is 356 g/mol. The molecule has 0 amide bonds. The van der Waals surface area contributed by atoms with Crippen molar-refractivity contribution in [3.05, 3.63) is 35.0 Å². The van der Waals surface area contributed by atoms with Crippen LogP contribution in [-0.2, 0) is 13.0 Å². The summed E-state index contributed by atoms with van der Waals surface area (Å²) >= 11 is 5.88. The molecule has 3 nitrogen and oxygen atoms in total. The lowest BCUT2D eigenvalue weighted by Gasteiger charge is -2.40. The highest BCUT2D eigenvalue weighted by Gasteiger charge is 2.35. The Hall–Kier alpha value is -1.03. The van der Waals surface area contributed by atoms with E-state index >= 15 is 0 Å². The first kappa shape index (κ1) is 18.0. The van der Waals surface area contributed by atoms with Crippen molar-refractivity contribution in [3.8, 4) is 0 Å². The Bertz CT molecular complexity index is 823. The molecule has 1 fully saturated rings. The molecule has 2 aliphatic carbocycles. The maximum Gasteiger partial charge on any atom is 0.0802 e. The molecule has 1 saturated carbocycles. The fraction of sp³-hybridized carbons (Fsp3) is 0.652. The van der Waals surface area contributed by atoms with Gasteiger partial charge in [0.05, 0.1) is 12.1 Å². The predicted molar refractivity (Wildman–Crippen MR) is 112 cm³/mol. The molecule has 146 valence electrons. The molecule has 0 radical (unpaired) electrons.